The van der Waals surface area contributed by atoms with Gasteiger partial charge in [-0.25, -0.2) is 8.42 Å². The van der Waals surface area contributed by atoms with E-state index in [0.29, 0.717) is 23.9 Å². The summed E-state index contributed by atoms with van der Waals surface area (Å²) in [5.41, 5.74) is -1.25. The molecule has 2 aromatic rings. The molecule has 1 N–H and O–H groups in total. The van der Waals surface area contributed by atoms with E-state index in [-0.39, 0.29) is 28.9 Å². The summed E-state index contributed by atoms with van der Waals surface area (Å²) in [7, 11) is -3.11. The van der Waals surface area contributed by atoms with Gasteiger partial charge in [-0.15, -0.1) is 16.8 Å². The first-order valence-corrected chi connectivity index (χ1v) is 11.7. The predicted octanol–water partition coefficient (Wildman–Crippen LogP) is 3.12. The number of anilines is 1. The third-order valence-electron chi connectivity index (χ3n) is 4.49. The van der Waals surface area contributed by atoms with E-state index >= 15 is 0 Å². The van der Waals surface area contributed by atoms with Gasteiger partial charge in [-0.1, -0.05) is 30.0 Å². The first-order chi connectivity index (χ1) is 14.1. The van der Waals surface area contributed by atoms with E-state index in [4.69, 9.17) is 0 Å². The van der Waals surface area contributed by atoms with E-state index in [0.717, 1.165) is 17.8 Å². The van der Waals surface area contributed by atoms with Crippen molar-refractivity contribution < 1.29 is 26.4 Å². The van der Waals surface area contributed by atoms with Crippen molar-refractivity contribution >= 4 is 33.2 Å². The van der Waals surface area contributed by atoms with Crippen molar-refractivity contribution in [2.75, 3.05) is 22.6 Å². The zero-order valence-electron chi connectivity index (χ0n) is 15.7. The van der Waals surface area contributed by atoms with E-state index in [1.54, 1.807) is 10.6 Å². The maximum atomic E-state index is 13.1. The largest absolute Gasteiger partial charge is 0.418 e. The molecule has 162 valence electrons. The van der Waals surface area contributed by atoms with Crippen molar-refractivity contribution in [3.05, 3.63) is 48.3 Å². The lowest BCUT2D eigenvalue weighted by atomic mass is 10.1. The number of carbonyl (C=O) groups is 1. The Bertz CT molecular complexity index is 1050. The molecule has 2 heterocycles. The second-order valence-electron chi connectivity index (χ2n) is 6.72. The fourth-order valence-corrected chi connectivity index (χ4v) is 5.66. The van der Waals surface area contributed by atoms with Crippen LogP contribution in [-0.2, 0) is 27.4 Å². The molecule has 0 radical (unpaired) electrons. The molecule has 0 aliphatic carbocycles. The molecule has 1 fully saturated rings. The fourth-order valence-electron chi connectivity index (χ4n) is 3.16. The van der Waals surface area contributed by atoms with Crippen molar-refractivity contribution in [1.29, 1.82) is 0 Å². The molecule has 0 bridgehead atoms. The predicted molar refractivity (Wildman–Crippen MR) is 107 cm³/mol. The number of halogens is 3. The highest BCUT2D eigenvalue weighted by Gasteiger charge is 2.34. The molecule has 1 saturated heterocycles. The minimum absolute atomic E-state index is 0.0122. The molecular weight excluding hydrogens is 441 g/mol. The number of thioether (sulfide) groups is 1. The molecule has 0 unspecified atom stereocenters. The molecule has 0 saturated carbocycles. The van der Waals surface area contributed by atoms with E-state index in [2.05, 4.69) is 22.1 Å². The van der Waals surface area contributed by atoms with Crippen LogP contribution in [0.1, 0.15) is 23.7 Å². The minimum atomic E-state index is -4.59. The highest BCUT2D eigenvalue weighted by Crippen LogP contribution is 2.35. The van der Waals surface area contributed by atoms with E-state index in [1.807, 2.05) is 0 Å². The van der Waals surface area contributed by atoms with Gasteiger partial charge >= 0.3 is 6.18 Å². The number of carbonyl (C=O) groups excluding carboxylic acids is 1. The van der Waals surface area contributed by atoms with Crippen molar-refractivity contribution in [2.45, 2.75) is 30.2 Å². The number of hydrogen-bond donors (Lipinski definition) is 1. The zero-order valence-corrected chi connectivity index (χ0v) is 17.4. The molecule has 1 amide bonds. The molecule has 1 aliphatic rings. The Morgan fingerprint density at radius 2 is 2.07 bits per heavy atom. The van der Waals surface area contributed by atoms with Gasteiger partial charge in [0.15, 0.2) is 15.0 Å². The lowest BCUT2D eigenvalue weighted by Gasteiger charge is -2.13. The lowest BCUT2D eigenvalue weighted by molar-refractivity contribution is -0.137. The Labute approximate surface area is 175 Å². The molecule has 1 aliphatic heterocycles. The average Bonchev–Trinajstić information content (AvgIpc) is 3.22. The van der Waals surface area contributed by atoms with Crippen LogP contribution in [0.5, 0.6) is 0 Å². The number of rotatable bonds is 7. The Morgan fingerprint density at radius 1 is 1.33 bits per heavy atom. The van der Waals surface area contributed by atoms with E-state index in [1.165, 1.54) is 18.2 Å². The number of nitrogens with zero attached hydrogens (tertiary/aromatic N) is 3. The second kappa shape index (κ2) is 8.80. The second-order valence-corrected chi connectivity index (χ2v) is 9.89. The van der Waals surface area contributed by atoms with Gasteiger partial charge in [-0.3, -0.25) is 4.79 Å². The first kappa shape index (κ1) is 22.3. The summed E-state index contributed by atoms with van der Waals surface area (Å²) in [5, 5.41) is 10.8. The van der Waals surface area contributed by atoms with Gasteiger partial charge in [0, 0.05) is 12.5 Å². The number of alkyl halides is 3. The Kier molecular flexibility index (Phi) is 6.56. The quantitative estimate of drug-likeness (QED) is 0.504. The SMILES string of the molecule is C=CCn1c(SCC(=O)Nc2ccccc2C(F)(F)F)nnc1[C@@H]1CCS(=O)(=O)C1. The van der Waals surface area contributed by atoms with Gasteiger partial charge in [-0.05, 0) is 18.6 Å². The van der Waals surface area contributed by atoms with E-state index in [9.17, 15) is 26.4 Å². The van der Waals surface area contributed by atoms with E-state index < -0.39 is 27.5 Å². The Balaban J connectivity index is 1.70. The molecule has 30 heavy (non-hydrogen) atoms. The molecule has 12 heteroatoms. The number of nitrogens with one attached hydrogen (secondary N) is 1. The third kappa shape index (κ3) is 5.22. The summed E-state index contributed by atoms with van der Waals surface area (Å²) in [4.78, 5) is 12.2. The Hall–Kier alpha value is -2.34. The molecule has 7 nitrogen and oxygen atoms in total. The number of benzene rings is 1. The maximum Gasteiger partial charge on any atom is 0.418 e. The highest BCUT2D eigenvalue weighted by atomic mass is 32.2. The smallest absolute Gasteiger partial charge is 0.325 e. The van der Waals surface area contributed by atoms with Crippen LogP contribution in [0.25, 0.3) is 0 Å². The number of para-hydroxylation sites is 1. The van der Waals surface area contributed by atoms with Crippen LogP contribution in [0.15, 0.2) is 42.1 Å². The fraction of sp³-hybridized carbons (Fsp3) is 0.389. The van der Waals surface area contributed by atoms with Crippen LogP contribution < -0.4 is 5.32 Å². The number of hydrogen-bond acceptors (Lipinski definition) is 6. The molecular formula is C18H19F3N4O3S2. The number of aromatic nitrogens is 3. The average molecular weight is 461 g/mol. The van der Waals surface area contributed by atoms with Crippen LogP contribution in [0.2, 0.25) is 0 Å². The summed E-state index contributed by atoms with van der Waals surface area (Å²) < 4.78 is 64.4. The standard InChI is InChI=1S/C18H19F3N4O3S2/c1-2-8-25-16(12-7-9-30(27,28)11-12)23-24-17(25)29-10-15(26)22-14-6-4-3-5-13(14)18(19,20)21/h2-6,12H,1,7-11H2,(H,22,26)/t12-/m1/s1. The van der Waals surface area contributed by atoms with Crippen molar-refractivity contribution in [3.63, 3.8) is 0 Å². The normalized spacial score (nSPS) is 18.3. The summed E-state index contributed by atoms with van der Waals surface area (Å²) in [5.74, 6) is -0.533. The molecule has 1 aromatic carbocycles. The van der Waals surface area contributed by atoms with Gasteiger partial charge in [-0.2, -0.15) is 13.2 Å². The summed E-state index contributed by atoms with van der Waals surface area (Å²) in [6.07, 6.45) is -2.55. The van der Waals surface area contributed by atoms with Crippen LogP contribution in [0, 0.1) is 0 Å². The van der Waals surface area contributed by atoms with Gasteiger partial charge in [0.05, 0.1) is 28.5 Å². The first-order valence-electron chi connectivity index (χ1n) is 8.94. The number of amides is 1. The lowest BCUT2D eigenvalue weighted by Crippen LogP contribution is -2.18. The topological polar surface area (TPSA) is 93.9 Å². The minimum Gasteiger partial charge on any atom is -0.325 e. The molecule has 1 atom stereocenters. The highest BCUT2D eigenvalue weighted by molar-refractivity contribution is 7.99. The monoisotopic (exact) mass is 460 g/mol. The molecule has 0 spiro atoms. The molecule has 3 rings (SSSR count). The van der Waals surface area contributed by atoms with Gasteiger partial charge < -0.3 is 9.88 Å². The summed E-state index contributed by atoms with van der Waals surface area (Å²) >= 11 is 1.01. The van der Waals surface area contributed by atoms with Crippen LogP contribution in [0.4, 0.5) is 18.9 Å². The van der Waals surface area contributed by atoms with Crippen molar-refractivity contribution in [1.82, 2.24) is 14.8 Å². The van der Waals surface area contributed by atoms with Crippen molar-refractivity contribution in [2.24, 2.45) is 0 Å². The van der Waals surface area contributed by atoms with Crippen LogP contribution in [0.3, 0.4) is 0 Å². The molecule has 1 aromatic heterocycles. The summed E-state index contributed by atoms with van der Waals surface area (Å²) in [6.45, 7) is 3.99. The Morgan fingerprint density at radius 3 is 2.70 bits per heavy atom. The summed E-state index contributed by atoms with van der Waals surface area (Å²) in [6, 6.07) is 4.73. The number of sulfone groups is 1. The number of allylic oxidation sites excluding steroid dienone is 1. The van der Waals surface area contributed by atoms with Crippen LogP contribution >= 0.6 is 11.8 Å². The van der Waals surface area contributed by atoms with Gasteiger partial charge in [0.25, 0.3) is 0 Å². The van der Waals surface area contributed by atoms with Gasteiger partial charge in [0.2, 0.25) is 5.91 Å². The third-order valence-corrected chi connectivity index (χ3v) is 7.23. The maximum absolute atomic E-state index is 13.1. The van der Waals surface area contributed by atoms with Gasteiger partial charge in [0.1, 0.15) is 5.82 Å². The zero-order chi connectivity index (χ0) is 21.9. The van der Waals surface area contributed by atoms with Crippen molar-refractivity contribution in [3.8, 4) is 0 Å². The van der Waals surface area contributed by atoms with Crippen LogP contribution in [-0.4, -0.2) is 46.3 Å².